The predicted molar refractivity (Wildman–Crippen MR) is 85.9 cm³/mol. The number of hydrogen-bond donors (Lipinski definition) is 1. The van der Waals surface area contributed by atoms with E-state index in [1.165, 1.54) is 13.2 Å². The van der Waals surface area contributed by atoms with Crippen LogP contribution in [0.4, 0.5) is 5.69 Å². The lowest BCUT2D eigenvalue weighted by Crippen LogP contribution is -2.17. The number of carbonyl (C=O) groups is 2. The normalized spacial score (nSPS) is 10.0. The number of nitrogens with zero attached hydrogens (tertiary/aromatic N) is 1. The zero-order chi connectivity index (χ0) is 16.8. The van der Waals surface area contributed by atoms with Crippen molar-refractivity contribution in [2.45, 2.75) is 13.8 Å². The van der Waals surface area contributed by atoms with Crippen molar-refractivity contribution in [2.24, 2.45) is 0 Å². The summed E-state index contributed by atoms with van der Waals surface area (Å²) in [6.07, 6.45) is 0. The molecule has 0 atom stereocenters. The maximum atomic E-state index is 12.3. The van der Waals surface area contributed by atoms with E-state index in [1.54, 1.807) is 44.2 Å². The van der Waals surface area contributed by atoms with Gasteiger partial charge in [-0.2, -0.15) is 0 Å². The van der Waals surface area contributed by atoms with E-state index < -0.39 is 11.9 Å². The van der Waals surface area contributed by atoms with Crippen LogP contribution in [0.15, 0.2) is 36.4 Å². The van der Waals surface area contributed by atoms with E-state index in [0.717, 1.165) is 5.69 Å². The summed E-state index contributed by atoms with van der Waals surface area (Å²) in [4.78, 5) is 28.5. The summed E-state index contributed by atoms with van der Waals surface area (Å²) >= 11 is 0. The maximum Gasteiger partial charge on any atom is 0.340 e. The molecule has 0 bridgehead atoms. The van der Waals surface area contributed by atoms with Gasteiger partial charge in [0, 0.05) is 5.69 Å². The van der Waals surface area contributed by atoms with Gasteiger partial charge in [-0.05, 0) is 44.2 Å². The van der Waals surface area contributed by atoms with Crippen molar-refractivity contribution in [1.29, 1.82) is 0 Å². The predicted octanol–water partition coefficient (Wildman–Crippen LogP) is 2.83. The van der Waals surface area contributed by atoms with E-state index in [4.69, 9.17) is 9.47 Å². The Kier molecular flexibility index (Phi) is 5.30. The van der Waals surface area contributed by atoms with E-state index in [9.17, 15) is 9.59 Å². The van der Waals surface area contributed by atoms with Crippen LogP contribution in [0, 0.1) is 6.92 Å². The Labute approximate surface area is 134 Å². The first-order chi connectivity index (χ1) is 11.0. The fourth-order valence-corrected chi connectivity index (χ4v) is 1.99. The van der Waals surface area contributed by atoms with Gasteiger partial charge in [-0.25, -0.2) is 9.78 Å². The van der Waals surface area contributed by atoms with Crippen molar-refractivity contribution in [3.8, 4) is 5.75 Å². The molecule has 1 N–H and O–H groups in total. The molecule has 23 heavy (non-hydrogen) atoms. The third-order valence-corrected chi connectivity index (χ3v) is 3.09. The number of hydrogen-bond acceptors (Lipinski definition) is 5. The monoisotopic (exact) mass is 314 g/mol. The van der Waals surface area contributed by atoms with Crippen molar-refractivity contribution in [2.75, 3.05) is 19.0 Å². The molecule has 0 unspecified atom stereocenters. The lowest BCUT2D eigenvalue weighted by atomic mass is 10.1. The van der Waals surface area contributed by atoms with Crippen LogP contribution in [0.2, 0.25) is 0 Å². The molecule has 0 saturated heterocycles. The highest BCUT2D eigenvalue weighted by Gasteiger charge is 2.17. The van der Waals surface area contributed by atoms with Crippen LogP contribution >= 0.6 is 0 Å². The summed E-state index contributed by atoms with van der Waals surface area (Å²) in [5.74, 6) is -0.428. The Hall–Kier alpha value is -2.89. The van der Waals surface area contributed by atoms with Gasteiger partial charge in [-0.15, -0.1) is 0 Å². The first-order valence-electron chi connectivity index (χ1n) is 7.15. The maximum absolute atomic E-state index is 12.3. The number of nitrogens with one attached hydrogen (secondary N) is 1. The van der Waals surface area contributed by atoms with Gasteiger partial charge in [0.2, 0.25) is 0 Å². The molecule has 0 radical (unpaired) electrons. The number of amides is 1. The number of anilines is 1. The van der Waals surface area contributed by atoms with Gasteiger partial charge < -0.3 is 14.8 Å². The molecule has 6 heteroatoms. The largest absolute Gasteiger partial charge is 0.497 e. The van der Waals surface area contributed by atoms with Crippen molar-refractivity contribution >= 4 is 17.6 Å². The summed E-state index contributed by atoms with van der Waals surface area (Å²) in [5, 5.41) is 2.69. The van der Waals surface area contributed by atoms with E-state index in [2.05, 4.69) is 10.3 Å². The second kappa shape index (κ2) is 7.40. The molecule has 1 heterocycles. The van der Waals surface area contributed by atoms with Gasteiger partial charge >= 0.3 is 5.97 Å². The van der Waals surface area contributed by atoms with Gasteiger partial charge in [0.1, 0.15) is 11.4 Å². The van der Waals surface area contributed by atoms with E-state index in [1.807, 2.05) is 0 Å². The molecule has 0 aliphatic carbocycles. The minimum Gasteiger partial charge on any atom is -0.497 e. The zero-order valence-electron chi connectivity index (χ0n) is 13.3. The molecule has 0 aliphatic heterocycles. The average Bonchev–Trinajstić information content (AvgIpc) is 2.55. The Bertz CT molecular complexity index is 728. The molecule has 0 saturated carbocycles. The van der Waals surface area contributed by atoms with Crippen LogP contribution in [0.3, 0.4) is 0 Å². The van der Waals surface area contributed by atoms with E-state index >= 15 is 0 Å². The molecule has 1 amide bonds. The quantitative estimate of drug-likeness (QED) is 0.859. The minimum atomic E-state index is -0.529. The first-order valence-corrected chi connectivity index (χ1v) is 7.15. The number of carbonyl (C=O) groups excluding carboxylic acids is 2. The topological polar surface area (TPSA) is 77.5 Å². The number of benzene rings is 1. The summed E-state index contributed by atoms with van der Waals surface area (Å²) in [7, 11) is 1.50. The highest BCUT2D eigenvalue weighted by Crippen LogP contribution is 2.23. The van der Waals surface area contributed by atoms with E-state index in [-0.39, 0.29) is 17.9 Å². The number of pyridine rings is 1. The molecule has 6 nitrogen and oxygen atoms in total. The Balaban J connectivity index is 2.31. The number of aromatic nitrogens is 1. The smallest absolute Gasteiger partial charge is 0.340 e. The summed E-state index contributed by atoms with van der Waals surface area (Å²) in [6.45, 7) is 3.75. The summed E-state index contributed by atoms with van der Waals surface area (Å²) in [5.41, 5.74) is 1.58. The number of esters is 1. The molecule has 2 aromatic rings. The first kappa shape index (κ1) is 16.5. The van der Waals surface area contributed by atoms with Crippen LogP contribution in [-0.4, -0.2) is 30.6 Å². The fraction of sp³-hybridized carbons (Fsp3) is 0.235. The SMILES string of the molecule is CCOC(=O)c1cc(OC)ccc1NC(=O)c1cccc(C)n1. The third kappa shape index (κ3) is 4.06. The lowest BCUT2D eigenvalue weighted by molar-refractivity contribution is 0.0527. The highest BCUT2D eigenvalue weighted by molar-refractivity contribution is 6.07. The molecule has 0 spiro atoms. The number of methoxy groups -OCH3 is 1. The minimum absolute atomic E-state index is 0.229. The number of ether oxygens (including phenoxy) is 2. The van der Waals surface area contributed by atoms with Crippen LogP contribution in [-0.2, 0) is 4.74 Å². The highest BCUT2D eigenvalue weighted by atomic mass is 16.5. The zero-order valence-corrected chi connectivity index (χ0v) is 13.3. The Morgan fingerprint density at radius 1 is 1.22 bits per heavy atom. The van der Waals surface area contributed by atoms with Gasteiger partial charge in [-0.3, -0.25) is 4.79 Å². The van der Waals surface area contributed by atoms with Gasteiger partial charge in [-0.1, -0.05) is 6.07 Å². The van der Waals surface area contributed by atoms with E-state index in [0.29, 0.717) is 11.4 Å². The molecular weight excluding hydrogens is 296 g/mol. The number of aryl methyl sites for hydroxylation is 1. The lowest BCUT2D eigenvalue weighted by Gasteiger charge is -2.12. The van der Waals surface area contributed by atoms with Crippen LogP contribution in [0.5, 0.6) is 5.75 Å². The van der Waals surface area contributed by atoms with Crippen LogP contribution in [0.25, 0.3) is 0 Å². The van der Waals surface area contributed by atoms with Gasteiger partial charge in [0.15, 0.2) is 0 Å². The Morgan fingerprint density at radius 3 is 2.65 bits per heavy atom. The van der Waals surface area contributed by atoms with Gasteiger partial charge in [0.05, 0.1) is 25.0 Å². The molecular formula is C17H18N2O4. The molecule has 1 aromatic heterocycles. The average molecular weight is 314 g/mol. The van der Waals surface area contributed by atoms with Crippen molar-refractivity contribution in [1.82, 2.24) is 4.98 Å². The molecule has 0 aliphatic rings. The van der Waals surface area contributed by atoms with Crippen molar-refractivity contribution < 1.29 is 19.1 Å². The Morgan fingerprint density at radius 2 is 2.00 bits per heavy atom. The van der Waals surface area contributed by atoms with Crippen LogP contribution < -0.4 is 10.1 Å². The number of rotatable bonds is 5. The van der Waals surface area contributed by atoms with Crippen molar-refractivity contribution in [3.05, 3.63) is 53.3 Å². The second-order valence-electron chi connectivity index (χ2n) is 4.75. The standard InChI is InChI=1S/C17H18N2O4/c1-4-23-17(21)13-10-12(22-3)8-9-14(13)19-16(20)15-7-5-6-11(2)18-15/h5-10H,4H2,1-3H3,(H,19,20). The second-order valence-corrected chi connectivity index (χ2v) is 4.75. The van der Waals surface area contributed by atoms with Crippen molar-refractivity contribution in [3.63, 3.8) is 0 Å². The molecule has 2 rings (SSSR count). The fourth-order valence-electron chi connectivity index (χ4n) is 1.99. The summed E-state index contributed by atoms with van der Waals surface area (Å²) in [6, 6.07) is 9.93. The van der Waals surface area contributed by atoms with Gasteiger partial charge in [0.25, 0.3) is 5.91 Å². The third-order valence-electron chi connectivity index (χ3n) is 3.09. The van der Waals surface area contributed by atoms with Crippen LogP contribution in [0.1, 0.15) is 33.5 Å². The molecule has 120 valence electrons. The molecule has 0 fully saturated rings. The summed E-state index contributed by atoms with van der Waals surface area (Å²) < 4.78 is 10.1. The molecule has 1 aromatic carbocycles.